The van der Waals surface area contributed by atoms with Gasteiger partial charge in [0.25, 0.3) is 0 Å². The normalized spacial score (nSPS) is 24.7. The Balaban J connectivity index is 2.60. The predicted molar refractivity (Wildman–Crippen MR) is 47.7 cm³/mol. The topological polar surface area (TPSA) is 20.2 Å². The number of halogens is 3. The van der Waals surface area contributed by atoms with E-state index in [1.807, 2.05) is 6.08 Å². The zero-order chi connectivity index (χ0) is 10.8. The molecule has 0 aliphatic heterocycles. The van der Waals surface area contributed by atoms with Crippen LogP contribution in [0.25, 0.3) is 0 Å². The van der Waals surface area contributed by atoms with Crippen molar-refractivity contribution in [1.29, 1.82) is 0 Å². The fourth-order valence-corrected chi connectivity index (χ4v) is 1.56. The summed E-state index contributed by atoms with van der Waals surface area (Å²) in [4.78, 5) is 0. The molecule has 0 radical (unpaired) electrons. The minimum absolute atomic E-state index is 0.339. The van der Waals surface area contributed by atoms with Gasteiger partial charge in [0.15, 0.2) is 0 Å². The number of allylic oxidation sites excluding steroid dienone is 2. The molecule has 0 spiro atoms. The minimum atomic E-state index is -4.49. The highest BCUT2D eigenvalue weighted by Gasteiger charge is 2.39. The van der Waals surface area contributed by atoms with Gasteiger partial charge >= 0.3 is 6.18 Å². The zero-order valence-electron chi connectivity index (χ0n) is 7.72. The first-order chi connectivity index (χ1) is 6.43. The van der Waals surface area contributed by atoms with Crippen molar-refractivity contribution in [2.45, 2.75) is 31.5 Å². The van der Waals surface area contributed by atoms with Crippen LogP contribution in [0.5, 0.6) is 0 Å². The second kappa shape index (κ2) is 4.17. The monoisotopic (exact) mass is 206 g/mol. The Morgan fingerprint density at radius 1 is 1.43 bits per heavy atom. The van der Waals surface area contributed by atoms with Crippen LogP contribution in [0.2, 0.25) is 0 Å². The quantitative estimate of drug-likeness (QED) is 0.689. The maximum absolute atomic E-state index is 12.2. The van der Waals surface area contributed by atoms with Crippen molar-refractivity contribution in [3.63, 3.8) is 0 Å². The Hall–Kier alpha value is -0.770. The van der Waals surface area contributed by atoms with E-state index in [1.165, 1.54) is 0 Å². The summed E-state index contributed by atoms with van der Waals surface area (Å²) in [5, 5.41) is 9.42. The Bertz CT molecular complexity index is 242. The first kappa shape index (κ1) is 11.3. The molecule has 0 heterocycles. The van der Waals surface area contributed by atoms with Crippen LogP contribution in [0.1, 0.15) is 19.3 Å². The summed E-state index contributed by atoms with van der Waals surface area (Å²) in [6, 6.07) is 0. The zero-order valence-corrected chi connectivity index (χ0v) is 7.72. The molecule has 0 aromatic rings. The fourth-order valence-electron chi connectivity index (χ4n) is 1.56. The summed E-state index contributed by atoms with van der Waals surface area (Å²) in [5.41, 5.74) is -1.03. The van der Waals surface area contributed by atoms with Crippen LogP contribution >= 0.6 is 0 Å². The number of hydrogen-bond donors (Lipinski definition) is 1. The van der Waals surface area contributed by atoms with E-state index in [2.05, 4.69) is 6.58 Å². The molecule has 0 saturated carbocycles. The molecule has 0 fully saturated rings. The van der Waals surface area contributed by atoms with Crippen molar-refractivity contribution in [1.82, 2.24) is 0 Å². The Morgan fingerprint density at radius 3 is 2.50 bits per heavy atom. The molecule has 0 aromatic carbocycles. The van der Waals surface area contributed by atoms with Gasteiger partial charge in [-0.1, -0.05) is 18.7 Å². The van der Waals surface area contributed by atoms with Gasteiger partial charge in [0.2, 0.25) is 0 Å². The van der Waals surface area contributed by atoms with Crippen LogP contribution in [0, 0.1) is 5.92 Å². The summed E-state index contributed by atoms with van der Waals surface area (Å²) >= 11 is 0. The molecule has 1 N–H and O–H groups in total. The third kappa shape index (κ3) is 2.61. The van der Waals surface area contributed by atoms with Gasteiger partial charge in [0.05, 0.1) is 11.7 Å². The van der Waals surface area contributed by atoms with Gasteiger partial charge in [-0.05, 0) is 25.2 Å². The van der Waals surface area contributed by atoms with Crippen molar-refractivity contribution in [3.05, 3.63) is 24.3 Å². The lowest BCUT2D eigenvalue weighted by Gasteiger charge is -2.26. The number of hydrogen-bond acceptors (Lipinski definition) is 1. The van der Waals surface area contributed by atoms with E-state index < -0.39 is 17.9 Å². The molecule has 1 rings (SSSR count). The Labute approximate surface area is 80.9 Å². The van der Waals surface area contributed by atoms with Gasteiger partial charge in [-0.3, -0.25) is 0 Å². The largest absolute Gasteiger partial charge is 0.414 e. The molecule has 1 nitrogen and oxygen atoms in total. The molecule has 0 aromatic heterocycles. The van der Waals surface area contributed by atoms with Crippen molar-refractivity contribution in [3.8, 4) is 0 Å². The summed E-state index contributed by atoms with van der Waals surface area (Å²) in [6.07, 6.45) is -0.406. The van der Waals surface area contributed by atoms with Crippen molar-refractivity contribution in [2.24, 2.45) is 5.92 Å². The molecular formula is C10H13F3O. The Morgan fingerprint density at radius 2 is 2.07 bits per heavy atom. The number of rotatable bonds is 2. The molecule has 1 aliphatic carbocycles. The molecule has 4 heteroatoms. The van der Waals surface area contributed by atoms with Crippen LogP contribution in [-0.4, -0.2) is 17.4 Å². The first-order valence-electron chi connectivity index (χ1n) is 4.52. The van der Waals surface area contributed by atoms with Crippen LogP contribution in [-0.2, 0) is 0 Å². The van der Waals surface area contributed by atoms with E-state index in [0.717, 1.165) is 6.42 Å². The number of alkyl halides is 3. The van der Waals surface area contributed by atoms with Crippen LogP contribution in [0.15, 0.2) is 24.3 Å². The molecule has 2 atom stereocenters. The van der Waals surface area contributed by atoms with E-state index in [1.54, 1.807) is 6.08 Å². The summed E-state index contributed by atoms with van der Waals surface area (Å²) in [6.45, 7) is 2.90. The second-order valence-corrected chi connectivity index (χ2v) is 3.51. The lowest BCUT2D eigenvalue weighted by molar-refractivity contribution is -0.109. The van der Waals surface area contributed by atoms with E-state index in [9.17, 15) is 18.3 Å². The van der Waals surface area contributed by atoms with E-state index >= 15 is 0 Å². The van der Waals surface area contributed by atoms with Crippen LogP contribution in [0.3, 0.4) is 0 Å². The maximum Gasteiger partial charge on any atom is 0.414 e. The van der Waals surface area contributed by atoms with Crippen molar-refractivity contribution < 1.29 is 18.3 Å². The van der Waals surface area contributed by atoms with Crippen molar-refractivity contribution >= 4 is 0 Å². The van der Waals surface area contributed by atoms with Gasteiger partial charge in [-0.25, -0.2) is 0 Å². The average molecular weight is 206 g/mol. The summed E-state index contributed by atoms with van der Waals surface area (Å²) in [7, 11) is 0. The fraction of sp³-hybridized carbons (Fsp3) is 0.600. The lowest BCUT2D eigenvalue weighted by atomic mass is 9.86. The maximum atomic E-state index is 12.2. The van der Waals surface area contributed by atoms with Crippen LogP contribution < -0.4 is 0 Å². The standard InChI is InChI=1S/C10H13F3O/c1-7(10(11,12)13)9(14)8-5-3-2-4-6-8/h2-3,8-9,14H,1,4-6H2. The summed E-state index contributed by atoms with van der Waals surface area (Å²) in [5.74, 6) is -0.339. The van der Waals surface area contributed by atoms with Gasteiger partial charge in [-0.2, -0.15) is 13.2 Å². The highest BCUT2D eigenvalue weighted by Crippen LogP contribution is 2.33. The van der Waals surface area contributed by atoms with Gasteiger partial charge in [0, 0.05) is 0 Å². The SMILES string of the molecule is C=C(C(O)C1CC=CCC1)C(F)(F)F. The molecule has 2 unspecified atom stereocenters. The van der Waals surface area contributed by atoms with E-state index in [0.29, 0.717) is 12.8 Å². The summed E-state index contributed by atoms with van der Waals surface area (Å²) < 4.78 is 36.5. The third-order valence-corrected chi connectivity index (χ3v) is 2.48. The van der Waals surface area contributed by atoms with Crippen LogP contribution in [0.4, 0.5) is 13.2 Å². The highest BCUT2D eigenvalue weighted by molar-refractivity contribution is 5.12. The van der Waals surface area contributed by atoms with E-state index in [4.69, 9.17) is 0 Å². The molecule has 14 heavy (non-hydrogen) atoms. The third-order valence-electron chi connectivity index (χ3n) is 2.48. The van der Waals surface area contributed by atoms with Crippen molar-refractivity contribution in [2.75, 3.05) is 0 Å². The smallest absolute Gasteiger partial charge is 0.388 e. The lowest BCUT2D eigenvalue weighted by Crippen LogP contribution is -2.30. The molecule has 0 amide bonds. The molecule has 0 bridgehead atoms. The van der Waals surface area contributed by atoms with Gasteiger partial charge < -0.3 is 5.11 Å². The molecule has 0 saturated heterocycles. The second-order valence-electron chi connectivity index (χ2n) is 3.51. The predicted octanol–water partition coefficient (Wildman–Crippen LogP) is 2.82. The number of aliphatic hydroxyl groups is 1. The molecular weight excluding hydrogens is 193 g/mol. The minimum Gasteiger partial charge on any atom is -0.388 e. The molecule has 80 valence electrons. The average Bonchev–Trinajstić information content (AvgIpc) is 2.15. The highest BCUT2D eigenvalue weighted by atomic mass is 19.4. The van der Waals surface area contributed by atoms with Gasteiger partial charge in [-0.15, -0.1) is 0 Å². The van der Waals surface area contributed by atoms with E-state index in [-0.39, 0.29) is 5.92 Å². The Kier molecular flexibility index (Phi) is 3.37. The van der Waals surface area contributed by atoms with Gasteiger partial charge in [0.1, 0.15) is 0 Å². The number of aliphatic hydroxyl groups excluding tert-OH is 1. The first-order valence-corrected chi connectivity index (χ1v) is 4.52. The molecule has 1 aliphatic rings.